The van der Waals surface area contributed by atoms with Gasteiger partial charge in [-0.15, -0.1) is 0 Å². The highest BCUT2D eigenvalue weighted by atomic mass is 19.1. The van der Waals surface area contributed by atoms with Crippen LogP contribution in [0.25, 0.3) is 28.0 Å². The lowest BCUT2D eigenvalue weighted by molar-refractivity contribution is -0.116. The van der Waals surface area contributed by atoms with Crippen molar-refractivity contribution >= 4 is 28.5 Å². The topological polar surface area (TPSA) is 131 Å². The molecule has 0 saturated heterocycles. The summed E-state index contributed by atoms with van der Waals surface area (Å²) in [6.07, 6.45) is 2.29. The number of nitrogens with zero attached hydrogens (tertiary/aromatic N) is 4. The van der Waals surface area contributed by atoms with E-state index in [1.807, 2.05) is 18.0 Å². The van der Waals surface area contributed by atoms with Crippen LogP contribution in [0.5, 0.6) is 5.75 Å². The summed E-state index contributed by atoms with van der Waals surface area (Å²) in [6.45, 7) is 11.0. The molecule has 2 aromatic heterocycles. The van der Waals surface area contributed by atoms with Crippen molar-refractivity contribution in [3.8, 4) is 17.0 Å². The van der Waals surface area contributed by atoms with Crippen LogP contribution in [-0.4, -0.2) is 88.2 Å². The molecule has 0 saturated carbocycles. The molecule has 1 aromatic carbocycles. The molecular weight excluding hydrogens is 610 g/mol. The Kier molecular flexibility index (Phi) is 10.4. The Bertz CT molecular complexity index is 1790. The van der Waals surface area contributed by atoms with Crippen LogP contribution < -0.4 is 21.1 Å². The summed E-state index contributed by atoms with van der Waals surface area (Å²) in [5.74, 6) is -0.318. The third kappa shape index (κ3) is 6.91. The first-order valence-electron chi connectivity index (χ1n) is 15.6. The zero-order valence-electron chi connectivity index (χ0n) is 26.9. The fourth-order valence-corrected chi connectivity index (χ4v) is 5.94. The second kappa shape index (κ2) is 14.4. The van der Waals surface area contributed by atoms with E-state index in [0.29, 0.717) is 28.8 Å². The van der Waals surface area contributed by atoms with E-state index in [9.17, 15) is 19.1 Å². The van der Waals surface area contributed by atoms with Crippen LogP contribution in [0.15, 0.2) is 59.6 Å². The molecule has 250 valence electrons. The number of anilines is 1. The van der Waals surface area contributed by atoms with E-state index in [1.54, 1.807) is 25.1 Å². The van der Waals surface area contributed by atoms with Gasteiger partial charge in [0.15, 0.2) is 5.65 Å². The molecule has 0 aliphatic carbocycles. The summed E-state index contributed by atoms with van der Waals surface area (Å²) in [4.78, 5) is 37.2. The molecule has 1 amide bonds. The lowest BCUT2D eigenvalue weighted by Crippen LogP contribution is -2.44. The number of benzene rings is 1. The van der Waals surface area contributed by atoms with Crippen molar-refractivity contribution in [2.75, 3.05) is 44.8 Å². The van der Waals surface area contributed by atoms with Crippen LogP contribution in [-0.2, 0) is 9.53 Å². The third-order valence-electron chi connectivity index (χ3n) is 8.11. The maximum Gasteiger partial charge on any atom is 0.355 e. The average Bonchev–Trinajstić information content (AvgIpc) is 3.03. The number of aliphatic hydroxyl groups is 1. The number of aryl methyl sites for hydroxylation is 1. The predicted molar refractivity (Wildman–Crippen MR) is 176 cm³/mol. The summed E-state index contributed by atoms with van der Waals surface area (Å²) >= 11 is 0. The number of ether oxygens (including phenoxy) is 2. The normalized spacial score (nSPS) is 19.1. The fraction of sp³-hybridized carbons (Fsp3) is 0.412. The Hall–Kier alpha value is -4.62. The Morgan fingerprint density at radius 2 is 2.09 bits per heavy atom. The van der Waals surface area contributed by atoms with E-state index in [4.69, 9.17) is 14.5 Å². The molecule has 3 N–H and O–H groups in total. The van der Waals surface area contributed by atoms with Crippen molar-refractivity contribution < 1.29 is 28.2 Å². The molecule has 5 rings (SSSR count). The first-order valence-corrected chi connectivity index (χ1v) is 15.6. The number of pyridine rings is 1. The summed E-state index contributed by atoms with van der Waals surface area (Å²) in [7, 11) is 0. The van der Waals surface area contributed by atoms with Crippen LogP contribution in [0.4, 0.5) is 14.6 Å². The molecule has 2 aliphatic heterocycles. The van der Waals surface area contributed by atoms with E-state index in [0.717, 1.165) is 6.08 Å². The van der Waals surface area contributed by atoms with Gasteiger partial charge >= 0.3 is 5.69 Å². The van der Waals surface area contributed by atoms with Crippen LogP contribution in [0, 0.1) is 18.7 Å². The minimum Gasteiger partial charge on any atom is -0.490 e. The number of amides is 1. The van der Waals surface area contributed by atoms with E-state index in [1.165, 1.54) is 16.7 Å². The monoisotopic (exact) mass is 650 g/mol. The molecular formula is C34H40F2N6O5. The molecule has 3 aromatic rings. The number of aromatic nitrogens is 3. The number of hydrogen-bond donors (Lipinski definition) is 3. The average molecular weight is 651 g/mol. The van der Waals surface area contributed by atoms with Crippen molar-refractivity contribution in [2.24, 2.45) is 5.92 Å². The van der Waals surface area contributed by atoms with E-state index < -0.39 is 36.4 Å². The number of fused-ring (bicyclic) bond motifs is 4. The molecule has 0 fully saturated rings. The van der Waals surface area contributed by atoms with E-state index in [-0.39, 0.29) is 66.6 Å². The lowest BCUT2D eigenvalue weighted by Gasteiger charge is -2.38. The number of hydrogen-bond acceptors (Lipinski definition) is 9. The molecule has 2 unspecified atom stereocenters. The maximum atomic E-state index is 15.7. The maximum absolute atomic E-state index is 15.7. The van der Waals surface area contributed by atoms with Crippen molar-refractivity contribution in [1.29, 1.82) is 0 Å². The number of rotatable bonds is 10. The van der Waals surface area contributed by atoms with Gasteiger partial charge in [-0.05, 0) is 55.7 Å². The van der Waals surface area contributed by atoms with Gasteiger partial charge in [-0.3, -0.25) is 4.79 Å². The highest BCUT2D eigenvalue weighted by Gasteiger charge is 2.35. The molecule has 3 atom stereocenters. The SMILES string of the molecule is C=CC(=O)NCCNc1nc(=O)n2c3nc(c(C)cc13)-c1c(F)cccc1OCC(OCCF)C(O)C1=C2[C@@H](C)N(CC(C)C)C=C1. The van der Waals surface area contributed by atoms with E-state index >= 15 is 4.39 Å². The second-order valence-corrected chi connectivity index (χ2v) is 11.9. The van der Waals surface area contributed by atoms with Gasteiger partial charge in [0.05, 0.1) is 35.0 Å². The minimum absolute atomic E-state index is 0.0656. The summed E-state index contributed by atoms with van der Waals surface area (Å²) < 4.78 is 42.2. The standard InChI is InChI=1S/C34H40F2N6O5/c1-6-27(43)37-12-13-38-32-23-16-20(4)29-28-24(36)8-7-9-25(28)47-18-26(46-15-11-35)31(44)22-10-14-41(17-19(2)3)21(5)30(22)42(33(23)39-29)34(45)40-32/h6-10,14,16,19,21,26,31,44H,1,11-13,15,17-18H2,2-5H3,(H,37,43)(H,38,40,45)/t21-,26?,31?/m1/s1. The predicted octanol–water partition coefficient (Wildman–Crippen LogP) is 3.81. The Morgan fingerprint density at radius 1 is 1.30 bits per heavy atom. The van der Waals surface area contributed by atoms with Crippen LogP contribution in [0.3, 0.4) is 0 Å². The van der Waals surface area contributed by atoms with Crippen LogP contribution >= 0.6 is 0 Å². The third-order valence-corrected chi connectivity index (χ3v) is 8.11. The first-order chi connectivity index (χ1) is 22.5. The lowest BCUT2D eigenvalue weighted by atomic mass is 9.94. The summed E-state index contributed by atoms with van der Waals surface area (Å²) in [6, 6.07) is 5.67. The Labute approximate surface area is 271 Å². The van der Waals surface area contributed by atoms with Crippen LogP contribution in [0.2, 0.25) is 0 Å². The van der Waals surface area contributed by atoms with Gasteiger partial charge in [-0.2, -0.15) is 4.98 Å². The zero-order chi connectivity index (χ0) is 33.8. The van der Waals surface area contributed by atoms with Gasteiger partial charge in [0.25, 0.3) is 0 Å². The largest absolute Gasteiger partial charge is 0.490 e. The van der Waals surface area contributed by atoms with Crippen LogP contribution in [0.1, 0.15) is 26.3 Å². The smallest absolute Gasteiger partial charge is 0.355 e. The number of halogens is 2. The van der Waals surface area contributed by atoms with Crippen molar-refractivity contribution in [3.63, 3.8) is 0 Å². The van der Waals surface area contributed by atoms with Gasteiger partial charge in [0.1, 0.15) is 42.9 Å². The van der Waals surface area contributed by atoms with Crippen molar-refractivity contribution in [1.82, 2.24) is 24.8 Å². The summed E-state index contributed by atoms with van der Waals surface area (Å²) in [5, 5.41) is 18.1. The number of carbonyl (C=O) groups is 1. The van der Waals surface area contributed by atoms with Gasteiger partial charge in [0, 0.05) is 31.4 Å². The highest BCUT2D eigenvalue weighted by Crippen LogP contribution is 2.38. The van der Waals surface area contributed by atoms with Crippen molar-refractivity contribution in [3.05, 3.63) is 76.6 Å². The number of carbonyl (C=O) groups excluding carboxylic acids is 1. The van der Waals surface area contributed by atoms with Crippen molar-refractivity contribution in [2.45, 2.75) is 45.9 Å². The van der Waals surface area contributed by atoms with Gasteiger partial charge in [-0.25, -0.2) is 23.1 Å². The Morgan fingerprint density at radius 3 is 2.81 bits per heavy atom. The highest BCUT2D eigenvalue weighted by molar-refractivity contribution is 5.92. The van der Waals surface area contributed by atoms with Gasteiger partial charge in [0.2, 0.25) is 5.91 Å². The minimum atomic E-state index is -1.37. The molecule has 4 heterocycles. The Balaban J connectivity index is 1.82. The molecule has 0 spiro atoms. The quantitative estimate of drug-likeness (QED) is 0.222. The fourth-order valence-electron chi connectivity index (χ4n) is 5.94. The number of aliphatic hydroxyl groups excluding tert-OH is 1. The van der Waals surface area contributed by atoms with Gasteiger partial charge in [-0.1, -0.05) is 26.5 Å². The first kappa shape index (κ1) is 33.7. The molecule has 13 heteroatoms. The van der Waals surface area contributed by atoms with E-state index in [2.05, 4.69) is 36.0 Å². The summed E-state index contributed by atoms with van der Waals surface area (Å²) in [5.41, 5.74) is 1.13. The zero-order valence-corrected chi connectivity index (χ0v) is 26.9. The molecule has 2 aliphatic rings. The molecule has 2 bridgehead atoms. The molecule has 0 radical (unpaired) electrons. The number of alkyl halides is 1. The molecule has 11 nitrogen and oxygen atoms in total. The van der Waals surface area contributed by atoms with Gasteiger partial charge < -0.3 is 30.1 Å². The molecule has 47 heavy (non-hydrogen) atoms. The number of nitrogens with one attached hydrogen (secondary N) is 2. The second-order valence-electron chi connectivity index (χ2n) is 11.9.